The Morgan fingerprint density at radius 1 is 1.30 bits per heavy atom. The predicted octanol–water partition coefficient (Wildman–Crippen LogP) is 3.09. The zero-order chi connectivity index (χ0) is 15.2. The van der Waals surface area contributed by atoms with Crippen LogP contribution in [-0.4, -0.2) is 35.7 Å². The summed E-state index contributed by atoms with van der Waals surface area (Å²) in [5, 5.41) is 11.7. The van der Waals surface area contributed by atoms with Crippen LogP contribution in [0.4, 0.5) is 14.9 Å². The topological polar surface area (TPSA) is 52.6 Å². The van der Waals surface area contributed by atoms with Gasteiger partial charge in [0.25, 0.3) is 0 Å². The average molecular weight is 282 g/mol. The molecule has 0 unspecified atom stereocenters. The van der Waals surface area contributed by atoms with E-state index in [2.05, 4.69) is 5.32 Å². The Balaban J connectivity index is 2.69. The molecule has 112 valence electrons. The predicted molar refractivity (Wildman–Crippen MR) is 78.1 cm³/mol. The molecule has 0 spiro atoms. The van der Waals surface area contributed by atoms with Crippen molar-refractivity contribution in [2.24, 2.45) is 5.41 Å². The van der Waals surface area contributed by atoms with Crippen LogP contribution in [0.2, 0.25) is 0 Å². The third-order valence-electron chi connectivity index (χ3n) is 2.63. The van der Waals surface area contributed by atoms with E-state index in [-0.39, 0.29) is 23.9 Å². The zero-order valence-corrected chi connectivity index (χ0v) is 12.3. The summed E-state index contributed by atoms with van der Waals surface area (Å²) in [5.41, 5.74) is 0.523. The molecular formula is C15H23FN2O2. The fourth-order valence-corrected chi connectivity index (χ4v) is 1.82. The molecule has 0 fully saturated rings. The Hall–Kier alpha value is -1.62. The van der Waals surface area contributed by atoms with Crippen LogP contribution in [0.15, 0.2) is 24.3 Å². The lowest BCUT2D eigenvalue weighted by Crippen LogP contribution is -2.41. The van der Waals surface area contributed by atoms with E-state index in [9.17, 15) is 9.18 Å². The molecule has 0 saturated heterocycles. The van der Waals surface area contributed by atoms with Crippen molar-refractivity contribution in [3.8, 4) is 0 Å². The van der Waals surface area contributed by atoms with E-state index in [4.69, 9.17) is 5.11 Å². The standard InChI is InChI=1S/C15H23FN2O2/c1-15(2,3)11-18(9-4-10-19)14(20)17-13-7-5-12(16)6-8-13/h5-8,19H,4,9-11H2,1-3H3,(H,17,20). The second-order valence-electron chi connectivity index (χ2n) is 6.00. The van der Waals surface area contributed by atoms with Crippen LogP contribution < -0.4 is 5.32 Å². The van der Waals surface area contributed by atoms with Crippen molar-refractivity contribution in [2.45, 2.75) is 27.2 Å². The van der Waals surface area contributed by atoms with Crippen molar-refractivity contribution < 1.29 is 14.3 Å². The Morgan fingerprint density at radius 3 is 2.40 bits per heavy atom. The van der Waals surface area contributed by atoms with Gasteiger partial charge in [-0.25, -0.2) is 9.18 Å². The van der Waals surface area contributed by atoms with Gasteiger partial charge in [-0.1, -0.05) is 20.8 Å². The van der Waals surface area contributed by atoms with Gasteiger partial charge < -0.3 is 15.3 Å². The van der Waals surface area contributed by atoms with E-state index in [1.54, 1.807) is 4.90 Å². The van der Waals surface area contributed by atoms with Crippen molar-refractivity contribution in [1.82, 2.24) is 4.90 Å². The van der Waals surface area contributed by atoms with Gasteiger partial charge >= 0.3 is 6.03 Å². The summed E-state index contributed by atoms with van der Waals surface area (Å²) in [6, 6.07) is 5.41. The summed E-state index contributed by atoms with van der Waals surface area (Å²) in [6.45, 7) is 7.25. The number of hydrogen-bond acceptors (Lipinski definition) is 2. The molecule has 2 N–H and O–H groups in total. The number of amides is 2. The molecule has 0 heterocycles. The van der Waals surface area contributed by atoms with Gasteiger partial charge in [-0.05, 0) is 36.1 Å². The highest BCUT2D eigenvalue weighted by Gasteiger charge is 2.20. The second-order valence-corrected chi connectivity index (χ2v) is 6.00. The number of carbonyl (C=O) groups is 1. The summed E-state index contributed by atoms with van der Waals surface area (Å²) in [7, 11) is 0. The number of carbonyl (C=O) groups excluding carboxylic acids is 1. The van der Waals surface area contributed by atoms with E-state index < -0.39 is 0 Å². The third kappa shape index (κ3) is 6.02. The second kappa shape index (κ2) is 7.24. The van der Waals surface area contributed by atoms with Gasteiger partial charge in [0.15, 0.2) is 0 Å². The third-order valence-corrected chi connectivity index (χ3v) is 2.63. The molecule has 0 aliphatic heterocycles. The summed E-state index contributed by atoms with van der Waals surface area (Å²) < 4.78 is 12.8. The first kappa shape index (κ1) is 16.4. The lowest BCUT2D eigenvalue weighted by molar-refractivity contribution is 0.176. The molecule has 4 nitrogen and oxygen atoms in total. The first-order valence-corrected chi connectivity index (χ1v) is 6.74. The number of aliphatic hydroxyl groups is 1. The Labute approximate surface area is 119 Å². The van der Waals surface area contributed by atoms with Crippen LogP contribution in [0.1, 0.15) is 27.2 Å². The van der Waals surface area contributed by atoms with Crippen LogP contribution in [-0.2, 0) is 0 Å². The van der Waals surface area contributed by atoms with Crippen molar-refractivity contribution in [2.75, 3.05) is 25.0 Å². The van der Waals surface area contributed by atoms with E-state index in [1.807, 2.05) is 20.8 Å². The van der Waals surface area contributed by atoms with Gasteiger partial charge in [0.1, 0.15) is 5.82 Å². The molecule has 0 aliphatic carbocycles. The maximum Gasteiger partial charge on any atom is 0.321 e. The fourth-order valence-electron chi connectivity index (χ4n) is 1.82. The van der Waals surface area contributed by atoms with Gasteiger partial charge in [-0.15, -0.1) is 0 Å². The van der Waals surface area contributed by atoms with Gasteiger partial charge in [-0.2, -0.15) is 0 Å². The first-order valence-electron chi connectivity index (χ1n) is 6.74. The molecule has 2 amide bonds. The van der Waals surface area contributed by atoms with E-state index >= 15 is 0 Å². The highest BCUT2D eigenvalue weighted by atomic mass is 19.1. The molecule has 0 aliphatic rings. The Morgan fingerprint density at radius 2 is 1.90 bits per heavy atom. The fraction of sp³-hybridized carbons (Fsp3) is 0.533. The van der Waals surface area contributed by atoms with Crippen molar-refractivity contribution in [3.05, 3.63) is 30.1 Å². The SMILES string of the molecule is CC(C)(C)CN(CCCO)C(=O)Nc1ccc(F)cc1. The van der Waals surface area contributed by atoms with Gasteiger partial charge in [-0.3, -0.25) is 0 Å². The molecule has 0 aromatic heterocycles. The molecular weight excluding hydrogens is 259 g/mol. The highest BCUT2D eigenvalue weighted by Crippen LogP contribution is 2.17. The smallest absolute Gasteiger partial charge is 0.321 e. The van der Waals surface area contributed by atoms with Gasteiger partial charge in [0.2, 0.25) is 0 Å². The monoisotopic (exact) mass is 282 g/mol. The minimum absolute atomic E-state index is 0.0322. The number of rotatable bonds is 5. The summed E-state index contributed by atoms with van der Waals surface area (Å²) in [5.74, 6) is -0.338. The molecule has 0 saturated carbocycles. The maximum atomic E-state index is 12.8. The minimum atomic E-state index is -0.338. The van der Waals surface area contributed by atoms with E-state index in [1.165, 1.54) is 24.3 Å². The number of nitrogens with one attached hydrogen (secondary N) is 1. The Kier molecular flexibility index (Phi) is 5.95. The van der Waals surface area contributed by atoms with Crippen LogP contribution >= 0.6 is 0 Å². The van der Waals surface area contributed by atoms with Crippen molar-refractivity contribution in [3.63, 3.8) is 0 Å². The van der Waals surface area contributed by atoms with Gasteiger partial charge in [0, 0.05) is 25.4 Å². The van der Waals surface area contributed by atoms with Crippen molar-refractivity contribution >= 4 is 11.7 Å². The first-order chi connectivity index (χ1) is 9.31. The summed E-state index contributed by atoms with van der Waals surface area (Å²) >= 11 is 0. The number of benzene rings is 1. The largest absolute Gasteiger partial charge is 0.396 e. The zero-order valence-electron chi connectivity index (χ0n) is 12.3. The highest BCUT2D eigenvalue weighted by molar-refractivity contribution is 5.89. The lowest BCUT2D eigenvalue weighted by atomic mass is 9.96. The molecule has 1 aromatic rings. The normalized spacial score (nSPS) is 11.2. The van der Waals surface area contributed by atoms with Crippen LogP contribution in [0.5, 0.6) is 0 Å². The van der Waals surface area contributed by atoms with Crippen LogP contribution in [0.25, 0.3) is 0 Å². The molecule has 0 radical (unpaired) electrons. The molecule has 0 bridgehead atoms. The number of urea groups is 1. The number of hydrogen-bond donors (Lipinski definition) is 2. The Bertz CT molecular complexity index is 426. The van der Waals surface area contributed by atoms with E-state index in [0.717, 1.165) is 0 Å². The van der Waals surface area contributed by atoms with Crippen molar-refractivity contribution in [1.29, 1.82) is 0 Å². The summed E-state index contributed by atoms with van der Waals surface area (Å²) in [6.07, 6.45) is 0.535. The van der Waals surface area contributed by atoms with Crippen LogP contribution in [0.3, 0.4) is 0 Å². The molecule has 5 heteroatoms. The van der Waals surface area contributed by atoms with Gasteiger partial charge in [0.05, 0.1) is 0 Å². The quantitative estimate of drug-likeness (QED) is 0.872. The maximum absolute atomic E-state index is 12.8. The number of anilines is 1. The van der Waals surface area contributed by atoms with Crippen LogP contribution in [0, 0.1) is 11.2 Å². The molecule has 1 rings (SSSR count). The van der Waals surface area contributed by atoms with E-state index in [0.29, 0.717) is 25.2 Å². The molecule has 20 heavy (non-hydrogen) atoms. The lowest BCUT2D eigenvalue weighted by Gasteiger charge is -2.30. The number of aliphatic hydroxyl groups excluding tert-OH is 1. The number of nitrogens with zero attached hydrogens (tertiary/aromatic N) is 1. The molecule has 1 aromatic carbocycles. The summed E-state index contributed by atoms with van der Waals surface area (Å²) in [4.78, 5) is 13.9. The number of halogens is 1. The minimum Gasteiger partial charge on any atom is -0.396 e. The molecule has 0 atom stereocenters. The average Bonchev–Trinajstić information content (AvgIpc) is 2.36.